The zero-order valence-electron chi connectivity index (χ0n) is 19.8. The van der Waals surface area contributed by atoms with E-state index in [4.69, 9.17) is 4.74 Å². The van der Waals surface area contributed by atoms with Crippen LogP contribution in [0.25, 0.3) is 16.8 Å². The molecule has 0 atom stereocenters. The predicted molar refractivity (Wildman–Crippen MR) is 142 cm³/mol. The third-order valence-electron chi connectivity index (χ3n) is 5.78. The van der Waals surface area contributed by atoms with E-state index < -0.39 is 35.2 Å². The molecule has 4 aromatic rings. The number of fused-ring (bicyclic) bond motifs is 1. The van der Waals surface area contributed by atoms with Crippen molar-refractivity contribution in [3.63, 3.8) is 0 Å². The van der Waals surface area contributed by atoms with Crippen molar-refractivity contribution in [2.24, 2.45) is 0 Å². The van der Waals surface area contributed by atoms with Gasteiger partial charge in [-0.05, 0) is 70.1 Å². The summed E-state index contributed by atoms with van der Waals surface area (Å²) in [7, 11) is 0. The Morgan fingerprint density at radius 1 is 0.921 bits per heavy atom. The van der Waals surface area contributed by atoms with Gasteiger partial charge >= 0.3 is 0 Å². The SMILES string of the molecule is O=C(CN1C(=O)S/C(=C\c2ccc(OCc3ccc4ccccc4c3)cc2)C1=O)Nc1ccc(F)cc1F. The first kappa shape index (κ1) is 25.2. The van der Waals surface area contributed by atoms with Crippen molar-refractivity contribution < 1.29 is 27.9 Å². The average molecular weight is 531 g/mol. The molecule has 1 aliphatic heterocycles. The van der Waals surface area contributed by atoms with Gasteiger partial charge in [-0.1, -0.05) is 48.5 Å². The molecule has 1 saturated heterocycles. The quantitative estimate of drug-likeness (QED) is 0.281. The number of nitrogens with zero attached hydrogens (tertiary/aromatic N) is 1. The zero-order chi connectivity index (χ0) is 26.6. The maximum Gasteiger partial charge on any atom is 0.294 e. The van der Waals surface area contributed by atoms with E-state index in [2.05, 4.69) is 23.5 Å². The molecule has 9 heteroatoms. The van der Waals surface area contributed by atoms with E-state index in [1.54, 1.807) is 30.3 Å². The Morgan fingerprint density at radius 2 is 1.68 bits per heavy atom. The van der Waals surface area contributed by atoms with Gasteiger partial charge in [-0.2, -0.15) is 0 Å². The van der Waals surface area contributed by atoms with E-state index >= 15 is 0 Å². The van der Waals surface area contributed by atoms with Crippen molar-refractivity contribution in [2.45, 2.75) is 6.61 Å². The number of hydrogen-bond donors (Lipinski definition) is 1. The number of thioether (sulfide) groups is 1. The van der Waals surface area contributed by atoms with Crippen LogP contribution in [0, 0.1) is 11.6 Å². The van der Waals surface area contributed by atoms with Gasteiger partial charge in [0, 0.05) is 6.07 Å². The lowest BCUT2D eigenvalue weighted by Crippen LogP contribution is -2.36. The second kappa shape index (κ2) is 10.9. The molecule has 5 rings (SSSR count). The smallest absolute Gasteiger partial charge is 0.294 e. The average Bonchev–Trinajstić information content (AvgIpc) is 3.17. The minimum atomic E-state index is -0.961. The van der Waals surface area contributed by atoms with Crippen molar-refractivity contribution in [1.82, 2.24) is 4.90 Å². The van der Waals surface area contributed by atoms with Crippen LogP contribution in [0.1, 0.15) is 11.1 Å². The first-order valence-corrected chi connectivity index (χ1v) is 12.4. The molecular weight excluding hydrogens is 510 g/mol. The third kappa shape index (κ3) is 5.73. The Balaban J connectivity index is 1.19. The van der Waals surface area contributed by atoms with Crippen molar-refractivity contribution in [2.75, 3.05) is 11.9 Å². The maximum absolute atomic E-state index is 13.8. The van der Waals surface area contributed by atoms with E-state index in [1.165, 1.54) is 0 Å². The second-order valence-corrected chi connectivity index (χ2v) is 9.47. The molecule has 0 radical (unpaired) electrons. The van der Waals surface area contributed by atoms with Crippen LogP contribution in [0.2, 0.25) is 0 Å². The summed E-state index contributed by atoms with van der Waals surface area (Å²) >= 11 is 0.706. The lowest BCUT2D eigenvalue weighted by atomic mass is 10.1. The summed E-state index contributed by atoms with van der Waals surface area (Å²) in [5.74, 6) is -2.52. The molecule has 0 unspecified atom stereocenters. The number of nitrogens with one attached hydrogen (secondary N) is 1. The number of ether oxygens (including phenoxy) is 1. The van der Waals surface area contributed by atoms with Crippen LogP contribution in [0.15, 0.2) is 89.8 Å². The molecule has 190 valence electrons. The van der Waals surface area contributed by atoms with Gasteiger partial charge in [0.05, 0.1) is 10.6 Å². The Labute approximate surface area is 220 Å². The monoisotopic (exact) mass is 530 g/mol. The Kier molecular flexibility index (Phi) is 7.19. The number of carbonyl (C=O) groups is 3. The molecule has 1 aliphatic rings. The van der Waals surface area contributed by atoms with Crippen molar-refractivity contribution in [1.29, 1.82) is 0 Å². The lowest BCUT2D eigenvalue weighted by molar-refractivity contribution is -0.127. The minimum absolute atomic E-state index is 0.153. The summed E-state index contributed by atoms with van der Waals surface area (Å²) in [5.41, 5.74) is 1.46. The number of benzene rings is 4. The molecule has 3 amide bonds. The van der Waals surface area contributed by atoms with E-state index in [0.29, 0.717) is 35.7 Å². The third-order valence-corrected chi connectivity index (χ3v) is 6.69. The highest BCUT2D eigenvalue weighted by molar-refractivity contribution is 8.18. The molecule has 1 fully saturated rings. The van der Waals surface area contributed by atoms with Gasteiger partial charge < -0.3 is 10.1 Å². The Hall–Kier alpha value is -4.50. The molecule has 0 saturated carbocycles. The fourth-order valence-electron chi connectivity index (χ4n) is 3.87. The van der Waals surface area contributed by atoms with Gasteiger partial charge in [0.2, 0.25) is 5.91 Å². The van der Waals surface area contributed by atoms with Gasteiger partial charge in [-0.25, -0.2) is 8.78 Å². The topological polar surface area (TPSA) is 75.7 Å². The molecule has 1 N–H and O–H groups in total. The highest BCUT2D eigenvalue weighted by Gasteiger charge is 2.36. The number of imide groups is 1. The van der Waals surface area contributed by atoms with Crippen LogP contribution >= 0.6 is 11.8 Å². The first-order chi connectivity index (χ1) is 18.4. The summed E-state index contributed by atoms with van der Waals surface area (Å²) in [6.07, 6.45) is 1.55. The molecule has 0 aliphatic carbocycles. The van der Waals surface area contributed by atoms with Crippen LogP contribution < -0.4 is 10.1 Å². The standard InChI is InChI=1S/C29H20F2N2O4S/c30-22-9-12-25(24(31)15-22)32-27(34)16-33-28(35)26(38-29(33)36)14-18-6-10-23(11-7-18)37-17-19-5-8-20-3-1-2-4-21(20)13-19/h1-15H,16-17H2,(H,32,34)/b26-14-. The molecule has 6 nitrogen and oxygen atoms in total. The molecule has 0 aromatic heterocycles. The number of amides is 3. The lowest BCUT2D eigenvalue weighted by Gasteiger charge is -2.12. The van der Waals surface area contributed by atoms with Crippen LogP contribution in [0.3, 0.4) is 0 Å². The minimum Gasteiger partial charge on any atom is -0.489 e. The van der Waals surface area contributed by atoms with Crippen molar-refractivity contribution in [3.8, 4) is 5.75 Å². The van der Waals surface area contributed by atoms with Crippen LogP contribution in [0.5, 0.6) is 5.75 Å². The number of rotatable bonds is 7. The number of halogens is 2. The van der Waals surface area contributed by atoms with Crippen molar-refractivity contribution in [3.05, 3.63) is 113 Å². The fraction of sp³-hybridized carbons (Fsp3) is 0.0690. The zero-order valence-corrected chi connectivity index (χ0v) is 20.6. The fourth-order valence-corrected chi connectivity index (χ4v) is 4.71. The molecular formula is C29H20F2N2O4S. The largest absolute Gasteiger partial charge is 0.489 e. The van der Waals surface area contributed by atoms with Crippen LogP contribution in [-0.4, -0.2) is 28.5 Å². The van der Waals surface area contributed by atoms with Gasteiger partial charge in [0.25, 0.3) is 11.1 Å². The summed E-state index contributed by atoms with van der Waals surface area (Å²) < 4.78 is 32.7. The van der Waals surface area contributed by atoms with E-state index in [0.717, 1.165) is 33.4 Å². The second-order valence-electron chi connectivity index (χ2n) is 8.48. The molecule has 4 aromatic carbocycles. The Morgan fingerprint density at radius 3 is 2.45 bits per heavy atom. The highest BCUT2D eigenvalue weighted by Crippen LogP contribution is 2.32. The summed E-state index contributed by atoms with van der Waals surface area (Å²) in [4.78, 5) is 38.3. The van der Waals surface area contributed by atoms with Gasteiger partial charge in [0.1, 0.15) is 30.5 Å². The highest BCUT2D eigenvalue weighted by atomic mass is 32.2. The molecule has 0 bridgehead atoms. The number of carbonyl (C=O) groups excluding carboxylic acids is 3. The predicted octanol–water partition coefficient (Wildman–Crippen LogP) is 6.37. The van der Waals surface area contributed by atoms with Crippen LogP contribution in [0.4, 0.5) is 19.3 Å². The Bertz CT molecular complexity index is 1590. The normalized spacial score (nSPS) is 14.4. The number of hydrogen-bond acceptors (Lipinski definition) is 5. The summed E-state index contributed by atoms with van der Waals surface area (Å²) in [5, 5.41) is 3.92. The van der Waals surface area contributed by atoms with Gasteiger partial charge in [0.15, 0.2) is 0 Å². The first-order valence-electron chi connectivity index (χ1n) is 11.6. The van der Waals surface area contributed by atoms with Gasteiger partial charge in [-0.3, -0.25) is 19.3 Å². The van der Waals surface area contributed by atoms with Crippen LogP contribution in [-0.2, 0) is 16.2 Å². The van der Waals surface area contributed by atoms with E-state index in [1.807, 2.05) is 24.3 Å². The number of anilines is 1. The van der Waals surface area contributed by atoms with Crippen molar-refractivity contribution >= 4 is 51.4 Å². The molecule has 1 heterocycles. The van der Waals surface area contributed by atoms with Gasteiger partial charge in [-0.15, -0.1) is 0 Å². The van der Waals surface area contributed by atoms with E-state index in [-0.39, 0.29) is 10.6 Å². The summed E-state index contributed by atoms with van der Waals surface area (Å²) in [6.45, 7) is -0.201. The maximum atomic E-state index is 13.8. The van der Waals surface area contributed by atoms with E-state index in [9.17, 15) is 23.2 Å². The molecule has 38 heavy (non-hydrogen) atoms. The molecule has 0 spiro atoms. The summed E-state index contributed by atoms with van der Waals surface area (Å²) in [6, 6.07) is 24.0.